The molecule has 3 atom stereocenters. The van der Waals surface area contributed by atoms with Crippen molar-refractivity contribution in [2.75, 3.05) is 37.6 Å². The Hall–Kier alpha value is -2.49. The normalized spacial score (nSPS) is 23.7. The molecule has 2 aliphatic rings. The van der Waals surface area contributed by atoms with Crippen molar-refractivity contribution in [1.82, 2.24) is 15.5 Å². The first-order chi connectivity index (χ1) is 13.2. The fourth-order valence-corrected chi connectivity index (χ4v) is 3.69. The SMILES string of the molecule is CC(NC(=O)N1CC(CN)C(C(F)(F)F)C1)c1cccc(N2CCNC2=O)c1. The molecule has 10 heteroatoms. The van der Waals surface area contributed by atoms with Gasteiger partial charge in [0, 0.05) is 37.8 Å². The summed E-state index contributed by atoms with van der Waals surface area (Å²) in [6.45, 7) is 2.33. The summed E-state index contributed by atoms with van der Waals surface area (Å²) < 4.78 is 39.4. The molecule has 4 amide bonds. The van der Waals surface area contributed by atoms with Crippen molar-refractivity contribution < 1.29 is 22.8 Å². The smallest absolute Gasteiger partial charge is 0.336 e. The van der Waals surface area contributed by atoms with Crippen LogP contribution in [-0.4, -0.2) is 55.9 Å². The number of carbonyl (C=O) groups excluding carboxylic acids is 2. The number of benzene rings is 1. The maximum Gasteiger partial charge on any atom is 0.393 e. The lowest BCUT2D eigenvalue weighted by Crippen LogP contribution is -2.40. The van der Waals surface area contributed by atoms with E-state index in [1.165, 1.54) is 4.90 Å². The number of urea groups is 2. The highest BCUT2D eigenvalue weighted by Gasteiger charge is 2.50. The topological polar surface area (TPSA) is 90.7 Å². The van der Waals surface area contributed by atoms with Crippen LogP contribution in [0.5, 0.6) is 0 Å². The second-order valence-corrected chi connectivity index (χ2v) is 7.20. The quantitative estimate of drug-likeness (QED) is 0.724. The average Bonchev–Trinajstić information content (AvgIpc) is 3.27. The van der Waals surface area contributed by atoms with Gasteiger partial charge in [-0.25, -0.2) is 9.59 Å². The minimum Gasteiger partial charge on any atom is -0.336 e. The van der Waals surface area contributed by atoms with E-state index in [0.29, 0.717) is 18.8 Å². The van der Waals surface area contributed by atoms with Gasteiger partial charge in [-0.05, 0) is 31.2 Å². The van der Waals surface area contributed by atoms with Crippen LogP contribution in [0.3, 0.4) is 0 Å². The predicted octanol–water partition coefficient (Wildman–Crippen LogP) is 2.06. The van der Waals surface area contributed by atoms with Crippen LogP contribution in [-0.2, 0) is 0 Å². The number of anilines is 1. The van der Waals surface area contributed by atoms with Gasteiger partial charge in [0.25, 0.3) is 0 Å². The van der Waals surface area contributed by atoms with Crippen LogP contribution >= 0.6 is 0 Å². The summed E-state index contributed by atoms with van der Waals surface area (Å²) in [6, 6.07) is 6.00. The van der Waals surface area contributed by atoms with Crippen molar-refractivity contribution in [3.63, 3.8) is 0 Å². The number of likely N-dealkylation sites (tertiary alicyclic amines) is 1. The fraction of sp³-hybridized carbons (Fsp3) is 0.556. The zero-order valence-corrected chi connectivity index (χ0v) is 15.5. The number of nitrogens with two attached hydrogens (primary N) is 1. The molecule has 1 aromatic rings. The monoisotopic (exact) mass is 399 g/mol. The van der Waals surface area contributed by atoms with E-state index in [1.54, 1.807) is 36.1 Å². The Morgan fingerprint density at radius 3 is 2.71 bits per heavy atom. The van der Waals surface area contributed by atoms with Crippen LogP contribution in [0.15, 0.2) is 24.3 Å². The van der Waals surface area contributed by atoms with Gasteiger partial charge in [-0.1, -0.05) is 12.1 Å². The molecule has 3 rings (SSSR count). The number of rotatable bonds is 4. The van der Waals surface area contributed by atoms with Crippen LogP contribution < -0.4 is 21.3 Å². The Balaban J connectivity index is 1.65. The van der Waals surface area contributed by atoms with E-state index < -0.39 is 36.6 Å². The van der Waals surface area contributed by atoms with Crippen molar-refractivity contribution in [1.29, 1.82) is 0 Å². The van der Waals surface area contributed by atoms with E-state index in [9.17, 15) is 22.8 Å². The van der Waals surface area contributed by atoms with E-state index >= 15 is 0 Å². The molecule has 28 heavy (non-hydrogen) atoms. The number of hydrogen-bond donors (Lipinski definition) is 3. The molecule has 154 valence electrons. The number of nitrogens with one attached hydrogen (secondary N) is 2. The summed E-state index contributed by atoms with van der Waals surface area (Å²) in [7, 11) is 0. The lowest BCUT2D eigenvalue weighted by atomic mass is 9.96. The van der Waals surface area contributed by atoms with Gasteiger partial charge >= 0.3 is 18.2 Å². The number of carbonyl (C=O) groups is 2. The molecule has 0 spiro atoms. The van der Waals surface area contributed by atoms with Gasteiger partial charge in [-0.3, -0.25) is 4.90 Å². The number of alkyl halides is 3. The van der Waals surface area contributed by atoms with Gasteiger partial charge in [0.1, 0.15) is 0 Å². The number of nitrogens with zero attached hydrogens (tertiary/aromatic N) is 2. The zero-order valence-electron chi connectivity index (χ0n) is 15.5. The maximum atomic E-state index is 13.1. The third-order valence-electron chi connectivity index (χ3n) is 5.33. The Bertz CT molecular complexity index is 742. The Labute approximate surface area is 161 Å². The van der Waals surface area contributed by atoms with Crippen molar-refractivity contribution in [3.8, 4) is 0 Å². The molecule has 0 aliphatic carbocycles. The first kappa shape index (κ1) is 20.2. The highest BCUT2D eigenvalue weighted by Crippen LogP contribution is 2.37. The van der Waals surface area contributed by atoms with Crippen LogP contribution in [0.25, 0.3) is 0 Å². The highest BCUT2D eigenvalue weighted by atomic mass is 19.4. The molecule has 0 bridgehead atoms. The Morgan fingerprint density at radius 2 is 2.14 bits per heavy atom. The van der Waals surface area contributed by atoms with E-state index in [0.717, 1.165) is 5.56 Å². The molecule has 2 saturated heterocycles. The third-order valence-corrected chi connectivity index (χ3v) is 5.33. The van der Waals surface area contributed by atoms with Crippen LogP contribution in [0, 0.1) is 11.8 Å². The second-order valence-electron chi connectivity index (χ2n) is 7.20. The molecule has 1 aromatic carbocycles. The molecule has 0 saturated carbocycles. The molecule has 4 N–H and O–H groups in total. The van der Waals surface area contributed by atoms with E-state index in [4.69, 9.17) is 5.73 Å². The first-order valence-corrected chi connectivity index (χ1v) is 9.18. The summed E-state index contributed by atoms with van der Waals surface area (Å²) >= 11 is 0. The number of amides is 4. The largest absolute Gasteiger partial charge is 0.393 e. The van der Waals surface area contributed by atoms with E-state index in [-0.39, 0.29) is 19.1 Å². The number of hydrogen-bond acceptors (Lipinski definition) is 3. The molecule has 7 nitrogen and oxygen atoms in total. The molecule has 2 fully saturated rings. The third kappa shape index (κ3) is 4.16. The van der Waals surface area contributed by atoms with Gasteiger partial charge in [0.05, 0.1) is 12.0 Å². The zero-order chi connectivity index (χ0) is 20.5. The van der Waals surface area contributed by atoms with Crippen LogP contribution in [0.1, 0.15) is 18.5 Å². The lowest BCUT2D eigenvalue weighted by Gasteiger charge is -2.23. The molecule has 3 unspecified atom stereocenters. The van der Waals surface area contributed by atoms with Gasteiger partial charge in [0.2, 0.25) is 0 Å². The fourth-order valence-electron chi connectivity index (χ4n) is 3.69. The molecule has 0 radical (unpaired) electrons. The van der Waals surface area contributed by atoms with Crippen molar-refractivity contribution in [3.05, 3.63) is 29.8 Å². The van der Waals surface area contributed by atoms with Gasteiger partial charge in [0.15, 0.2) is 0 Å². The molecular weight excluding hydrogens is 375 g/mol. The van der Waals surface area contributed by atoms with Crippen LogP contribution in [0.4, 0.5) is 28.4 Å². The minimum atomic E-state index is -4.38. The first-order valence-electron chi connectivity index (χ1n) is 9.18. The maximum absolute atomic E-state index is 13.1. The second kappa shape index (κ2) is 7.86. The lowest BCUT2D eigenvalue weighted by molar-refractivity contribution is -0.179. The summed E-state index contributed by atoms with van der Waals surface area (Å²) in [5, 5.41) is 5.46. The van der Waals surface area contributed by atoms with Gasteiger partial charge in [-0.2, -0.15) is 13.2 Å². The van der Waals surface area contributed by atoms with Gasteiger partial charge in [-0.15, -0.1) is 0 Å². The summed E-state index contributed by atoms with van der Waals surface area (Å²) in [5.74, 6) is -2.39. The molecule has 0 aromatic heterocycles. The standard InChI is InChI=1S/C18H24F3N5O2/c1-11(12-3-2-4-14(7-12)26-6-5-23-16(26)27)24-17(28)25-9-13(8-22)15(10-25)18(19,20)21/h2-4,7,11,13,15H,5-6,8-10,22H2,1H3,(H,23,27)(H,24,28). The van der Waals surface area contributed by atoms with E-state index in [1.807, 2.05) is 0 Å². The Kier molecular flexibility index (Phi) is 5.69. The summed E-state index contributed by atoms with van der Waals surface area (Å²) in [5.41, 5.74) is 6.93. The minimum absolute atomic E-state index is 0.0206. The molecular formula is C18H24F3N5O2. The molecule has 2 aliphatic heterocycles. The van der Waals surface area contributed by atoms with E-state index in [2.05, 4.69) is 10.6 Å². The van der Waals surface area contributed by atoms with Crippen molar-refractivity contribution >= 4 is 17.7 Å². The van der Waals surface area contributed by atoms with Gasteiger partial charge < -0.3 is 21.3 Å². The Morgan fingerprint density at radius 1 is 1.39 bits per heavy atom. The van der Waals surface area contributed by atoms with Crippen molar-refractivity contribution in [2.24, 2.45) is 17.6 Å². The average molecular weight is 399 g/mol. The predicted molar refractivity (Wildman–Crippen MR) is 97.8 cm³/mol. The van der Waals surface area contributed by atoms with Crippen LogP contribution in [0.2, 0.25) is 0 Å². The van der Waals surface area contributed by atoms with Crippen molar-refractivity contribution in [2.45, 2.75) is 19.1 Å². The highest BCUT2D eigenvalue weighted by molar-refractivity contribution is 5.94. The molecule has 2 heterocycles. The summed E-state index contributed by atoms with van der Waals surface area (Å²) in [4.78, 5) is 27.1. The summed E-state index contributed by atoms with van der Waals surface area (Å²) in [6.07, 6.45) is -4.38. The number of halogens is 3.